The minimum atomic E-state index is -0.102. The number of nitrogens with one attached hydrogen (secondary N) is 1. The molecule has 1 amide bonds. The normalized spacial score (nSPS) is 10.7. The number of para-hydroxylation sites is 1. The molecule has 34 heavy (non-hydrogen) atoms. The zero-order valence-corrected chi connectivity index (χ0v) is 20.7. The van der Waals surface area contributed by atoms with Gasteiger partial charge in [-0.1, -0.05) is 30.0 Å². The monoisotopic (exact) mass is 486 g/mol. The minimum absolute atomic E-state index is 0.102. The topological polar surface area (TPSA) is 96.7 Å². The first-order valence-electron chi connectivity index (χ1n) is 10.8. The Morgan fingerprint density at radius 3 is 2.47 bits per heavy atom. The Labute approximate surface area is 203 Å². The van der Waals surface area contributed by atoms with Gasteiger partial charge in [-0.2, -0.15) is 0 Å². The fourth-order valence-corrected chi connectivity index (χ4v) is 4.17. The zero-order valence-electron chi connectivity index (χ0n) is 19.9. The summed E-state index contributed by atoms with van der Waals surface area (Å²) in [5, 5.41) is 12.3. The second-order valence-corrected chi connectivity index (χ2v) is 8.19. The number of carbonyl (C=O) groups is 1. The van der Waals surface area contributed by atoms with Crippen LogP contribution < -0.4 is 19.5 Å². The van der Waals surface area contributed by atoms with Crippen molar-refractivity contribution < 1.29 is 23.7 Å². The lowest BCUT2D eigenvalue weighted by Crippen LogP contribution is -2.25. The predicted octanol–water partition coefficient (Wildman–Crippen LogP) is 3.42. The van der Waals surface area contributed by atoms with E-state index in [0.29, 0.717) is 42.2 Å². The number of amides is 1. The second kappa shape index (κ2) is 12.9. The van der Waals surface area contributed by atoms with E-state index in [0.717, 1.165) is 23.3 Å². The molecule has 0 saturated carbocycles. The van der Waals surface area contributed by atoms with Crippen molar-refractivity contribution in [2.45, 2.75) is 24.7 Å². The van der Waals surface area contributed by atoms with Crippen LogP contribution in [0.2, 0.25) is 0 Å². The van der Waals surface area contributed by atoms with Crippen LogP contribution in [0.4, 0.5) is 0 Å². The summed E-state index contributed by atoms with van der Waals surface area (Å²) in [5.74, 6) is 2.79. The summed E-state index contributed by atoms with van der Waals surface area (Å²) in [7, 11) is 6.47. The molecule has 10 heteroatoms. The van der Waals surface area contributed by atoms with Gasteiger partial charge in [-0.05, 0) is 30.7 Å². The largest absolute Gasteiger partial charge is 0.496 e. The highest BCUT2D eigenvalue weighted by atomic mass is 32.2. The first-order valence-corrected chi connectivity index (χ1v) is 11.8. The fraction of sp³-hybridized carbons (Fsp3) is 0.375. The van der Waals surface area contributed by atoms with Gasteiger partial charge in [-0.15, -0.1) is 10.2 Å². The van der Waals surface area contributed by atoms with Gasteiger partial charge < -0.3 is 28.8 Å². The van der Waals surface area contributed by atoms with Gasteiger partial charge in [0, 0.05) is 37.9 Å². The van der Waals surface area contributed by atoms with Crippen LogP contribution in [0.5, 0.6) is 17.2 Å². The molecule has 1 N–H and O–H groups in total. The Kier molecular flexibility index (Phi) is 9.60. The highest BCUT2D eigenvalue weighted by Gasteiger charge is 2.17. The number of benzene rings is 2. The lowest BCUT2D eigenvalue weighted by molar-refractivity contribution is -0.118. The maximum atomic E-state index is 12.5. The van der Waals surface area contributed by atoms with Gasteiger partial charge in [0.15, 0.2) is 22.5 Å². The molecular formula is C24H30N4O5S. The van der Waals surface area contributed by atoms with Crippen LogP contribution >= 0.6 is 11.8 Å². The van der Waals surface area contributed by atoms with Crippen molar-refractivity contribution >= 4 is 17.7 Å². The quantitative estimate of drug-likeness (QED) is 0.290. The standard InChI is InChI=1S/C24H30N4O5S/c1-30-13-7-12-28-23(17-10-11-20(32-3)21(14-17)33-4)26-27-24(28)34-16-22(29)25-15-18-8-5-6-9-19(18)31-2/h5-6,8-11,14H,7,12-13,15-16H2,1-4H3,(H,25,29). The van der Waals surface area contributed by atoms with Crippen LogP contribution in [0, 0.1) is 0 Å². The maximum Gasteiger partial charge on any atom is 0.230 e. The molecule has 0 radical (unpaired) electrons. The van der Waals surface area contributed by atoms with E-state index in [-0.39, 0.29) is 11.7 Å². The number of nitrogens with zero attached hydrogens (tertiary/aromatic N) is 3. The van der Waals surface area contributed by atoms with Crippen molar-refractivity contribution in [2.75, 3.05) is 40.8 Å². The number of methoxy groups -OCH3 is 4. The van der Waals surface area contributed by atoms with Crippen molar-refractivity contribution in [3.63, 3.8) is 0 Å². The van der Waals surface area contributed by atoms with Crippen molar-refractivity contribution in [2.24, 2.45) is 0 Å². The molecule has 0 aliphatic rings. The van der Waals surface area contributed by atoms with Gasteiger partial charge >= 0.3 is 0 Å². The number of rotatable bonds is 13. The molecule has 0 fully saturated rings. The van der Waals surface area contributed by atoms with Gasteiger partial charge in [0.1, 0.15) is 5.75 Å². The fourth-order valence-electron chi connectivity index (χ4n) is 3.38. The molecular weight excluding hydrogens is 456 g/mol. The summed E-state index contributed by atoms with van der Waals surface area (Å²) in [4.78, 5) is 12.5. The Balaban J connectivity index is 1.72. The predicted molar refractivity (Wildman–Crippen MR) is 131 cm³/mol. The van der Waals surface area contributed by atoms with Crippen LogP contribution in [-0.4, -0.2) is 61.5 Å². The first-order chi connectivity index (χ1) is 16.6. The van der Waals surface area contributed by atoms with Crippen LogP contribution in [-0.2, 0) is 22.6 Å². The maximum absolute atomic E-state index is 12.5. The second-order valence-electron chi connectivity index (χ2n) is 7.25. The van der Waals surface area contributed by atoms with Crippen LogP contribution in [0.3, 0.4) is 0 Å². The summed E-state index contributed by atoms with van der Waals surface area (Å²) in [6.45, 7) is 1.64. The molecule has 3 rings (SSSR count). The summed E-state index contributed by atoms with van der Waals surface area (Å²) < 4.78 is 23.3. The van der Waals surface area contributed by atoms with Gasteiger partial charge in [0.05, 0.1) is 27.1 Å². The Morgan fingerprint density at radius 1 is 0.971 bits per heavy atom. The number of hydrogen-bond donors (Lipinski definition) is 1. The molecule has 0 aliphatic heterocycles. The molecule has 1 aromatic heterocycles. The van der Waals surface area contributed by atoms with Crippen molar-refractivity contribution in [3.05, 3.63) is 48.0 Å². The summed E-state index contributed by atoms with van der Waals surface area (Å²) in [5.41, 5.74) is 1.76. The van der Waals surface area contributed by atoms with E-state index in [9.17, 15) is 4.79 Å². The average Bonchev–Trinajstić information content (AvgIpc) is 3.28. The number of thioether (sulfide) groups is 1. The molecule has 0 saturated heterocycles. The average molecular weight is 487 g/mol. The lowest BCUT2D eigenvalue weighted by Gasteiger charge is -2.12. The zero-order chi connectivity index (χ0) is 24.3. The van der Waals surface area contributed by atoms with Crippen molar-refractivity contribution in [1.29, 1.82) is 0 Å². The van der Waals surface area contributed by atoms with Crippen molar-refractivity contribution in [1.82, 2.24) is 20.1 Å². The number of aromatic nitrogens is 3. The Hall–Kier alpha value is -3.24. The van der Waals surface area contributed by atoms with Gasteiger partial charge in [0.25, 0.3) is 0 Å². The molecule has 0 spiro atoms. The minimum Gasteiger partial charge on any atom is -0.496 e. The lowest BCUT2D eigenvalue weighted by atomic mass is 10.2. The van der Waals surface area contributed by atoms with E-state index in [2.05, 4.69) is 15.5 Å². The third-order valence-electron chi connectivity index (χ3n) is 5.09. The van der Waals surface area contributed by atoms with E-state index < -0.39 is 0 Å². The number of hydrogen-bond acceptors (Lipinski definition) is 8. The van der Waals surface area contributed by atoms with Crippen molar-refractivity contribution in [3.8, 4) is 28.6 Å². The highest BCUT2D eigenvalue weighted by molar-refractivity contribution is 7.99. The third-order valence-corrected chi connectivity index (χ3v) is 6.06. The molecule has 1 heterocycles. The van der Waals surface area contributed by atoms with E-state index in [1.807, 2.05) is 47.0 Å². The molecule has 3 aromatic rings. The first kappa shape index (κ1) is 25.4. The molecule has 0 unspecified atom stereocenters. The molecule has 0 aliphatic carbocycles. The number of carbonyl (C=O) groups excluding carboxylic acids is 1. The Bertz CT molecular complexity index is 1090. The van der Waals surface area contributed by atoms with E-state index in [4.69, 9.17) is 18.9 Å². The Morgan fingerprint density at radius 2 is 1.74 bits per heavy atom. The van der Waals surface area contributed by atoms with Gasteiger partial charge in [0.2, 0.25) is 5.91 Å². The molecule has 2 aromatic carbocycles. The third kappa shape index (κ3) is 6.42. The van der Waals surface area contributed by atoms with Crippen LogP contribution in [0.25, 0.3) is 11.4 Å². The smallest absolute Gasteiger partial charge is 0.230 e. The molecule has 182 valence electrons. The van der Waals surface area contributed by atoms with Crippen LogP contribution in [0.1, 0.15) is 12.0 Å². The van der Waals surface area contributed by atoms with Gasteiger partial charge in [-0.25, -0.2) is 0 Å². The molecule has 0 atom stereocenters. The SMILES string of the molecule is COCCCn1c(SCC(=O)NCc2ccccc2OC)nnc1-c1ccc(OC)c(OC)c1. The van der Waals surface area contributed by atoms with Gasteiger partial charge in [-0.3, -0.25) is 4.79 Å². The molecule has 0 bridgehead atoms. The van der Waals surface area contributed by atoms with E-state index >= 15 is 0 Å². The van der Waals surface area contributed by atoms with E-state index in [1.54, 1.807) is 28.4 Å². The van der Waals surface area contributed by atoms with E-state index in [1.165, 1.54) is 11.8 Å². The summed E-state index contributed by atoms with van der Waals surface area (Å²) in [6, 6.07) is 13.2. The van der Waals surface area contributed by atoms with Crippen LogP contribution in [0.15, 0.2) is 47.6 Å². The summed E-state index contributed by atoms with van der Waals surface area (Å²) in [6.07, 6.45) is 0.780. The summed E-state index contributed by atoms with van der Waals surface area (Å²) >= 11 is 1.34. The number of ether oxygens (including phenoxy) is 4. The molecule has 9 nitrogen and oxygen atoms in total. The highest BCUT2D eigenvalue weighted by Crippen LogP contribution is 2.33.